The molecule has 0 unspecified atom stereocenters. The van der Waals surface area contributed by atoms with Gasteiger partial charge < -0.3 is 4.74 Å². The zero-order valence-corrected chi connectivity index (χ0v) is 12.8. The van der Waals surface area contributed by atoms with Gasteiger partial charge in [-0.1, -0.05) is 48.6 Å². The first-order chi connectivity index (χ1) is 9.52. The first-order valence-corrected chi connectivity index (χ1v) is 7.33. The van der Waals surface area contributed by atoms with Gasteiger partial charge in [-0.05, 0) is 31.9 Å². The van der Waals surface area contributed by atoms with E-state index in [1.807, 2.05) is 13.0 Å². The van der Waals surface area contributed by atoms with Gasteiger partial charge in [0.2, 0.25) is 0 Å². The summed E-state index contributed by atoms with van der Waals surface area (Å²) >= 11 is 0. The molecule has 0 radical (unpaired) electrons. The van der Waals surface area contributed by atoms with Crippen molar-refractivity contribution in [2.75, 3.05) is 13.1 Å². The molecule has 108 valence electrons. The molecule has 0 spiro atoms. The third kappa shape index (κ3) is 4.62. The van der Waals surface area contributed by atoms with Crippen LogP contribution in [-0.4, -0.2) is 30.2 Å². The second-order valence-electron chi connectivity index (χ2n) is 5.87. The van der Waals surface area contributed by atoms with Crippen LogP contribution >= 0.6 is 0 Å². The summed E-state index contributed by atoms with van der Waals surface area (Å²) in [6.07, 6.45) is 4.80. The molecule has 1 heterocycles. The number of hydrogen-bond acceptors (Lipinski definition) is 2. The second kappa shape index (κ2) is 6.87. The fourth-order valence-electron chi connectivity index (χ4n) is 2.64. The second-order valence-corrected chi connectivity index (χ2v) is 5.87. The van der Waals surface area contributed by atoms with E-state index in [2.05, 4.69) is 55.7 Å². The van der Waals surface area contributed by atoms with Gasteiger partial charge in [-0.2, -0.15) is 0 Å². The lowest BCUT2D eigenvalue weighted by atomic mass is 10.1. The van der Waals surface area contributed by atoms with Gasteiger partial charge in [-0.25, -0.2) is 0 Å². The third-order valence-corrected chi connectivity index (χ3v) is 3.44. The van der Waals surface area contributed by atoms with Crippen molar-refractivity contribution in [3.05, 3.63) is 53.6 Å². The molecule has 2 rings (SSSR count). The van der Waals surface area contributed by atoms with Crippen LogP contribution in [0.3, 0.4) is 0 Å². The number of nitrogens with zero attached hydrogens (tertiary/aromatic N) is 1. The quantitative estimate of drug-likeness (QED) is 0.770. The molecule has 2 atom stereocenters. The SMILES string of the molecule is C=C(C)/C=C/c1ccc(CN2C[C@@H](C)O[C@@H](C)C2)cc1. The van der Waals surface area contributed by atoms with Crippen molar-refractivity contribution >= 4 is 6.08 Å². The van der Waals surface area contributed by atoms with E-state index in [-0.39, 0.29) is 0 Å². The Morgan fingerprint density at radius 1 is 1.25 bits per heavy atom. The van der Waals surface area contributed by atoms with Gasteiger partial charge in [-0.3, -0.25) is 4.90 Å². The summed E-state index contributed by atoms with van der Waals surface area (Å²) in [4.78, 5) is 2.47. The van der Waals surface area contributed by atoms with Crippen LogP contribution in [-0.2, 0) is 11.3 Å². The average molecular weight is 271 g/mol. The first kappa shape index (κ1) is 15.0. The zero-order chi connectivity index (χ0) is 14.5. The normalized spacial score (nSPS) is 24.1. The number of allylic oxidation sites excluding steroid dienone is 2. The minimum Gasteiger partial charge on any atom is -0.373 e. The monoisotopic (exact) mass is 271 g/mol. The molecule has 0 amide bonds. The Bertz CT molecular complexity index is 465. The van der Waals surface area contributed by atoms with Crippen molar-refractivity contribution in [2.24, 2.45) is 0 Å². The zero-order valence-electron chi connectivity index (χ0n) is 12.8. The smallest absolute Gasteiger partial charge is 0.0678 e. The summed E-state index contributed by atoms with van der Waals surface area (Å²) in [7, 11) is 0. The van der Waals surface area contributed by atoms with E-state index in [0.29, 0.717) is 12.2 Å². The van der Waals surface area contributed by atoms with E-state index < -0.39 is 0 Å². The maximum Gasteiger partial charge on any atom is 0.0678 e. The van der Waals surface area contributed by atoms with Crippen molar-refractivity contribution < 1.29 is 4.74 Å². The molecule has 1 aromatic carbocycles. The molecule has 0 bridgehead atoms. The van der Waals surface area contributed by atoms with Crippen molar-refractivity contribution in [1.82, 2.24) is 4.90 Å². The predicted octanol–water partition coefficient (Wildman–Crippen LogP) is 3.89. The van der Waals surface area contributed by atoms with Crippen molar-refractivity contribution in [3.63, 3.8) is 0 Å². The molecular formula is C18H25NO. The lowest BCUT2D eigenvalue weighted by Crippen LogP contribution is -2.44. The highest BCUT2D eigenvalue weighted by Gasteiger charge is 2.21. The summed E-state index contributed by atoms with van der Waals surface area (Å²) in [5.41, 5.74) is 3.66. The first-order valence-electron chi connectivity index (χ1n) is 7.33. The van der Waals surface area contributed by atoms with E-state index in [0.717, 1.165) is 25.2 Å². The van der Waals surface area contributed by atoms with Crippen LogP contribution in [0, 0.1) is 0 Å². The number of benzene rings is 1. The Balaban J connectivity index is 1.95. The van der Waals surface area contributed by atoms with Gasteiger partial charge >= 0.3 is 0 Å². The Kier molecular flexibility index (Phi) is 5.16. The standard InChI is InChI=1S/C18H25NO/c1-14(2)5-6-17-7-9-18(10-8-17)13-19-11-15(3)20-16(4)12-19/h5-10,15-16H,1,11-13H2,2-4H3/b6-5+/t15-,16+. The van der Waals surface area contributed by atoms with E-state index in [1.54, 1.807) is 0 Å². The van der Waals surface area contributed by atoms with E-state index in [1.165, 1.54) is 11.1 Å². The topological polar surface area (TPSA) is 12.5 Å². The molecule has 0 aromatic heterocycles. The molecule has 1 saturated heterocycles. The number of morpholine rings is 1. The summed E-state index contributed by atoms with van der Waals surface area (Å²) < 4.78 is 5.77. The van der Waals surface area contributed by atoms with Crippen LogP contribution in [0.1, 0.15) is 31.9 Å². The predicted molar refractivity (Wildman–Crippen MR) is 85.6 cm³/mol. The number of hydrogen-bond donors (Lipinski definition) is 0. The Hall–Kier alpha value is -1.38. The van der Waals surface area contributed by atoms with Gasteiger partial charge in [0.1, 0.15) is 0 Å². The molecule has 1 aromatic rings. The van der Waals surface area contributed by atoms with Crippen LogP contribution in [0.25, 0.3) is 6.08 Å². The fourth-order valence-corrected chi connectivity index (χ4v) is 2.64. The molecule has 0 N–H and O–H groups in total. The largest absolute Gasteiger partial charge is 0.373 e. The molecule has 2 heteroatoms. The summed E-state index contributed by atoms with van der Waals surface area (Å²) in [5, 5.41) is 0. The summed E-state index contributed by atoms with van der Waals surface area (Å²) in [6, 6.07) is 8.76. The van der Waals surface area contributed by atoms with Gasteiger partial charge in [0.15, 0.2) is 0 Å². The molecule has 0 aliphatic carbocycles. The van der Waals surface area contributed by atoms with Crippen molar-refractivity contribution in [3.8, 4) is 0 Å². The summed E-state index contributed by atoms with van der Waals surface area (Å²) in [5.74, 6) is 0. The highest BCUT2D eigenvalue weighted by molar-refractivity contribution is 5.52. The minimum absolute atomic E-state index is 0.330. The van der Waals surface area contributed by atoms with Gasteiger partial charge in [0.25, 0.3) is 0 Å². The number of ether oxygens (including phenoxy) is 1. The van der Waals surface area contributed by atoms with E-state index in [9.17, 15) is 0 Å². The molecule has 1 aliphatic rings. The molecule has 1 aliphatic heterocycles. The Morgan fingerprint density at radius 3 is 2.40 bits per heavy atom. The van der Waals surface area contributed by atoms with Crippen LogP contribution in [0.15, 0.2) is 42.5 Å². The minimum atomic E-state index is 0.330. The maximum absolute atomic E-state index is 5.77. The van der Waals surface area contributed by atoms with Gasteiger partial charge in [-0.15, -0.1) is 0 Å². The van der Waals surface area contributed by atoms with Crippen LogP contribution in [0.2, 0.25) is 0 Å². The fraction of sp³-hybridized carbons (Fsp3) is 0.444. The van der Waals surface area contributed by atoms with Crippen molar-refractivity contribution in [2.45, 2.75) is 39.5 Å². The maximum atomic E-state index is 5.77. The molecular weight excluding hydrogens is 246 g/mol. The highest BCUT2D eigenvalue weighted by Crippen LogP contribution is 2.15. The van der Waals surface area contributed by atoms with Crippen LogP contribution in [0.5, 0.6) is 0 Å². The molecule has 2 nitrogen and oxygen atoms in total. The molecule has 1 fully saturated rings. The van der Waals surface area contributed by atoms with E-state index in [4.69, 9.17) is 4.74 Å². The van der Waals surface area contributed by atoms with Crippen molar-refractivity contribution in [1.29, 1.82) is 0 Å². The van der Waals surface area contributed by atoms with Crippen LogP contribution in [0.4, 0.5) is 0 Å². The average Bonchev–Trinajstić information content (AvgIpc) is 2.36. The molecule has 0 saturated carbocycles. The number of rotatable bonds is 4. The highest BCUT2D eigenvalue weighted by atomic mass is 16.5. The Morgan fingerprint density at radius 2 is 1.85 bits per heavy atom. The van der Waals surface area contributed by atoms with Gasteiger partial charge in [0, 0.05) is 19.6 Å². The lowest BCUT2D eigenvalue weighted by Gasteiger charge is -2.35. The van der Waals surface area contributed by atoms with E-state index >= 15 is 0 Å². The molecule has 20 heavy (non-hydrogen) atoms. The lowest BCUT2D eigenvalue weighted by molar-refractivity contribution is -0.0704. The van der Waals surface area contributed by atoms with Gasteiger partial charge in [0.05, 0.1) is 12.2 Å². The van der Waals surface area contributed by atoms with Crippen LogP contribution < -0.4 is 0 Å². The summed E-state index contributed by atoms with van der Waals surface area (Å²) in [6.45, 7) is 13.2. The Labute approximate surface area is 122 Å². The third-order valence-electron chi connectivity index (χ3n) is 3.44.